The van der Waals surface area contributed by atoms with Gasteiger partial charge in [0.2, 0.25) is 11.9 Å². The third-order valence-electron chi connectivity index (χ3n) is 4.34. The third-order valence-corrected chi connectivity index (χ3v) is 4.34. The average Bonchev–Trinajstić information content (AvgIpc) is 2.69. The minimum atomic E-state index is 0.162. The first kappa shape index (κ1) is 16.0. The summed E-state index contributed by atoms with van der Waals surface area (Å²) in [6.07, 6.45) is 0. The maximum atomic E-state index is 10.2. The van der Waals surface area contributed by atoms with E-state index in [9.17, 15) is 5.11 Å². The smallest absolute Gasteiger partial charge is 0.230 e. The van der Waals surface area contributed by atoms with Gasteiger partial charge in [-0.05, 0) is 12.1 Å². The fourth-order valence-corrected chi connectivity index (χ4v) is 2.95. The predicted molar refractivity (Wildman–Crippen MR) is 93.0 cm³/mol. The summed E-state index contributed by atoms with van der Waals surface area (Å²) in [4.78, 5) is 18.1. The standard InChI is InChI=1S/C17H21N5O3/c23-14-4-2-1-3-13(14)15-18-16(21-5-9-24-10-6-21)20-17(19-15)22-7-11-25-12-8-22/h1-4,23H,5-12H2. The zero-order valence-electron chi connectivity index (χ0n) is 14.0. The fourth-order valence-electron chi connectivity index (χ4n) is 2.95. The van der Waals surface area contributed by atoms with Gasteiger partial charge in [0.15, 0.2) is 5.82 Å². The van der Waals surface area contributed by atoms with E-state index in [1.54, 1.807) is 12.1 Å². The molecule has 2 aromatic rings. The van der Waals surface area contributed by atoms with Crippen molar-refractivity contribution in [3.63, 3.8) is 0 Å². The Morgan fingerprint density at radius 1 is 0.760 bits per heavy atom. The highest BCUT2D eigenvalue weighted by Gasteiger charge is 2.21. The number of hydrogen-bond donors (Lipinski definition) is 1. The number of rotatable bonds is 3. The molecule has 0 aliphatic carbocycles. The van der Waals surface area contributed by atoms with Gasteiger partial charge in [0.25, 0.3) is 0 Å². The van der Waals surface area contributed by atoms with Crippen molar-refractivity contribution < 1.29 is 14.6 Å². The van der Waals surface area contributed by atoms with Crippen molar-refractivity contribution in [3.8, 4) is 17.1 Å². The number of ether oxygens (including phenoxy) is 2. The number of hydrogen-bond acceptors (Lipinski definition) is 8. The van der Waals surface area contributed by atoms with Gasteiger partial charge in [-0.15, -0.1) is 0 Å². The first-order valence-electron chi connectivity index (χ1n) is 8.51. The maximum absolute atomic E-state index is 10.2. The number of morpholine rings is 2. The number of nitrogens with zero attached hydrogens (tertiary/aromatic N) is 5. The Hall–Kier alpha value is -2.45. The van der Waals surface area contributed by atoms with E-state index in [2.05, 4.69) is 24.8 Å². The molecule has 2 saturated heterocycles. The Morgan fingerprint density at radius 3 is 1.80 bits per heavy atom. The first-order chi connectivity index (χ1) is 12.3. The van der Waals surface area contributed by atoms with Gasteiger partial charge < -0.3 is 24.4 Å². The summed E-state index contributed by atoms with van der Waals surface area (Å²) >= 11 is 0. The van der Waals surface area contributed by atoms with Crippen LogP contribution in [0.3, 0.4) is 0 Å². The molecule has 2 aliphatic heterocycles. The summed E-state index contributed by atoms with van der Waals surface area (Å²) in [6.45, 7) is 5.60. The molecule has 1 aromatic heterocycles. The van der Waals surface area contributed by atoms with Crippen LogP contribution in [0, 0.1) is 0 Å². The highest BCUT2D eigenvalue weighted by molar-refractivity contribution is 5.65. The number of para-hydroxylation sites is 1. The van der Waals surface area contributed by atoms with Gasteiger partial charge in [-0.25, -0.2) is 0 Å². The maximum Gasteiger partial charge on any atom is 0.230 e. The lowest BCUT2D eigenvalue weighted by Crippen LogP contribution is -2.40. The highest BCUT2D eigenvalue weighted by Crippen LogP contribution is 2.28. The molecular weight excluding hydrogens is 322 g/mol. The molecule has 2 aliphatic rings. The Bertz CT molecular complexity index is 694. The van der Waals surface area contributed by atoms with Crippen molar-refractivity contribution in [2.75, 3.05) is 62.4 Å². The lowest BCUT2D eigenvalue weighted by atomic mass is 10.2. The van der Waals surface area contributed by atoms with Crippen LogP contribution in [0.25, 0.3) is 11.4 Å². The molecular formula is C17H21N5O3. The van der Waals surface area contributed by atoms with Crippen molar-refractivity contribution in [1.82, 2.24) is 15.0 Å². The summed E-state index contributed by atoms with van der Waals surface area (Å²) in [6, 6.07) is 7.10. The number of phenols is 1. The number of benzene rings is 1. The van der Waals surface area contributed by atoms with Crippen LogP contribution in [-0.2, 0) is 9.47 Å². The van der Waals surface area contributed by atoms with Crippen LogP contribution in [0.15, 0.2) is 24.3 Å². The van der Waals surface area contributed by atoms with Crippen LogP contribution >= 0.6 is 0 Å². The second kappa shape index (κ2) is 7.20. The molecule has 0 bridgehead atoms. The fraction of sp³-hybridized carbons (Fsp3) is 0.471. The normalized spacial score (nSPS) is 18.4. The molecule has 132 valence electrons. The van der Waals surface area contributed by atoms with E-state index in [0.717, 1.165) is 26.2 Å². The summed E-state index contributed by atoms with van der Waals surface area (Å²) in [7, 11) is 0. The van der Waals surface area contributed by atoms with E-state index in [1.807, 2.05) is 12.1 Å². The lowest BCUT2D eigenvalue weighted by molar-refractivity contribution is 0.121. The molecule has 8 heteroatoms. The Balaban J connectivity index is 1.75. The summed E-state index contributed by atoms with van der Waals surface area (Å²) < 4.78 is 10.8. The molecule has 0 radical (unpaired) electrons. The van der Waals surface area contributed by atoms with Gasteiger partial charge in [-0.1, -0.05) is 12.1 Å². The van der Waals surface area contributed by atoms with Gasteiger partial charge in [-0.3, -0.25) is 0 Å². The van der Waals surface area contributed by atoms with Crippen molar-refractivity contribution in [3.05, 3.63) is 24.3 Å². The molecule has 25 heavy (non-hydrogen) atoms. The molecule has 8 nitrogen and oxygen atoms in total. The van der Waals surface area contributed by atoms with Crippen LogP contribution in [0.2, 0.25) is 0 Å². The van der Waals surface area contributed by atoms with Crippen molar-refractivity contribution in [2.24, 2.45) is 0 Å². The zero-order chi connectivity index (χ0) is 17.1. The molecule has 1 N–H and O–H groups in total. The van der Waals surface area contributed by atoms with E-state index >= 15 is 0 Å². The number of phenolic OH excluding ortho intramolecular Hbond substituents is 1. The second-order valence-electron chi connectivity index (χ2n) is 5.98. The number of aromatic hydroxyl groups is 1. The third kappa shape index (κ3) is 3.49. The molecule has 0 atom stereocenters. The molecule has 0 amide bonds. The van der Waals surface area contributed by atoms with Gasteiger partial charge in [0.1, 0.15) is 5.75 Å². The summed E-state index contributed by atoms with van der Waals surface area (Å²) in [5.74, 6) is 1.89. The molecule has 1 aromatic carbocycles. The Morgan fingerprint density at radius 2 is 1.28 bits per heavy atom. The molecule has 0 spiro atoms. The Labute approximate surface area is 146 Å². The van der Waals surface area contributed by atoms with E-state index < -0.39 is 0 Å². The van der Waals surface area contributed by atoms with Gasteiger partial charge in [-0.2, -0.15) is 15.0 Å². The molecule has 0 saturated carbocycles. The minimum Gasteiger partial charge on any atom is -0.507 e. The van der Waals surface area contributed by atoms with Crippen LogP contribution < -0.4 is 9.80 Å². The summed E-state index contributed by atoms with van der Waals surface area (Å²) in [5, 5.41) is 10.2. The van der Waals surface area contributed by atoms with E-state index in [4.69, 9.17) is 9.47 Å². The molecule has 4 rings (SSSR count). The first-order valence-corrected chi connectivity index (χ1v) is 8.51. The highest BCUT2D eigenvalue weighted by atomic mass is 16.5. The topological polar surface area (TPSA) is 83.8 Å². The van der Waals surface area contributed by atoms with Gasteiger partial charge >= 0.3 is 0 Å². The van der Waals surface area contributed by atoms with Gasteiger partial charge in [0.05, 0.1) is 32.0 Å². The van der Waals surface area contributed by atoms with Crippen LogP contribution in [0.1, 0.15) is 0 Å². The monoisotopic (exact) mass is 343 g/mol. The second-order valence-corrected chi connectivity index (χ2v) is 5.98. The summed E-state index contributed by atoms with van der Waals surface area (Å²) in [5.41, 5.74) is 0.605. The quantitative estimate of drug-likeness (QED) is 0.881. The van der Waals surface area contributed by atoms with E-state index in [-0.39, 0.29) is 5.75 Å². The lowest BCUT2D eigenvalue weighted by Gasteiger charge is -2.30. The largest absolute Gasteiger partial charge is 0.507 e. The van der Waals surface area contributed by atoms with Crippen LogP contribution in [-0.4, -0.2) is 72.7 Å². The number of aromatic nitrogens is 3. The molecule has 0 unspecified atom stereocenters. The van der Waals surface area contributed by atoms with Crippen molar-refractivity contribution in [1.29, 1.82) is 0 Å². The van der Waals surface area contributed by atoms with Crippen molar-refractivity contribution >= 4 is 11.9 Å². The van der Waals surface area contributed by atoms with E-state index in [1.165, 1.54) is 0 Å². The zero-order valence-corrected chi connectivity index (χ0v) is 14.0. The number of anilines is 2. The van der Waals surface area contributed by atoms with Crippen molar-refractivity contribution in [2.45, 2.75) is 0 Å². The van der Waals surface area contributed by atoms with Gasteiger partial charge in [0, 0.05) is 26.2 Å². The minimum absolute atomic E-state index is 0.162. The average molecular weight is 343 g/mol. The van der Waals surface area contributed by atoms with E-state index in [0.29, 0.717) is 49.7 Å². The SMILES string of the molecule is Oc1ccccc1-c1nc(N2CCOCC2)nc(N2CCOCC2)n1. The Kier molecular flexibility index (Phi) is 4.62. The predicted octanol–water partition coefficient (Wildman–Crippen LogP) is 0.917. The van der Waals surface area contributed by atoms with Crippen LogP contribution in [0.4, 0.5) is 11.9 Å². The molecule has 3 heterocycles. The molecule has 2 fully saturated rings. The van der Waals surface area contributed by atoms with Crippen LogP contribution in [0.5, 0.6) is 5.75 Å².